The van der Waals surface area contributed by atoms with Gasteiger partial charge in [0.05, 0.1) is 6.61 Å². The van der Waals surface area contributed by atoms with Crippen molar-refractivity contribution in [3.8, 4) is 11.5 Å². The molecule has 0 heterocycles. The Hall–Kier alpha value is -3.62. The van der Waals surface area contributed by atoms with Gasteiger partial charge >= 0.3 is 11.9 Å². The lowest BCUT2D eigenvalue weighted by Crippen LogP contribution is -2.18. The lowest BCUT2D eigenvalue weighted by atomic mass is 9.72. The van der Waals surface area contributed by atoms with Crippen LogP contribution in [0.1, 0.15) is 63.0 Å². The number of phenolic OH excluding ortho intramolecular Hbond substituents is 1. The maximum absolute atomic E-state index is 12.0. The number of hydrogen-bond acceptors (Lipinski definition) is 7. The van der Waals surface area contributed by atoms with Gasteiger partial charge in [0.25, 0.3) is 5.09 Å². The molecule has 1 aliphatic carbocycles. The van der Waals surface area contributed by atoms with Crippen molar-refractivity contribution >= 4 is 11.9 Å². The third-order valence-corrected chi connectivity index (χ3v) is 5.80. The zero-order chi connectivity index (χ0) is 25.3. The monoisotopic (exact) mass is 473 g/mol. The zero-order valence-electron chi connectivity index (χ0n) is 19.5. The summed E-state index contributed by atoms with van der Waals surface area (Å²) in [7, 11) is 0. The summed E-state index contributed by atoms with van der Waals surface area (Å²) in [4.78, 5) is 37.2. The van der Waals surface area contributed by atoms with Gasteiger partial charge < -0.3 is 19.8 Å². The molecule has 2 atom stereocenters. The van der Waals surface area contributed by atoms with Crippen LogP contribution < -0.4 is 4.74 Å². The maximum Gasteiger partial charge on any atom is 0.336 e. The normalized spacial score (nSPS) is 17.8. The predicted octanol–water partition coefficient (Wildman–Crippen LogP) is 4.88. The van der Waals surface area contributed by atoms with E-state index in [2.05, 4.69) is 24.4 Å². The first-order chi connectivity index (χ1) is 16.1. The first-order valence-electron chi connectivity index (χ1n) is 11.2. The number of aromatic hydroxyl groups is 1. The summed E-state index contributed by atoms with van der Waals surface area (Å²) < 4.78 is 5.22. The van der Waals surface area contributed by atoms with E-state index in [4.69, 9.17) is 9.84 Å². The summed E-state index contributed by atoms with van der Waals surface area (Å²) in [6, 6.07) is 3.05. The van der Waals surface area contributed by atoms with Crippen LogP contribution in [0.15, 0.2) is 48.1 Å². The summed E-state index contributed by atoms with van der Waals surface area (Å²) in [6.07, 6.45) is 7.89. The van der Waals surface area contributed by atoms with Crippen molar-refractivity contribution in [3.05, 3.63) is 69.3 Å². The summed E-state index contributed by atoms with van der Waals surface area (Å²) in [6.45, 7) is 8.18. The molecule has 0 fully saturated rings. The van der Waals surface area contributed by atoms with Crippen molar-refractivity contribution in [3.63, 3.8) is 0 Å². The number of carboxylic acid groups (broad SMARTS) is 1. The Labute approximate surface area is 198 Å². The molecule has 0 saturated heterocycles. The van der Waals surface area contributed by atoms with Crippen LogP contribution in [0.25, 0.3) is 0 Å². The number of ether oxygens (including phenoxy) is 1. The molecule has 2 rings (SSSR count). The largest absolute Gasteiger partial charge is 0.507 e. The summed E-state index contributed by atoms with van der Waals surface area (Å²) in [5.74, 6) is -1.99. The fraction of sp³-hybridized carbons (Fsp3) is 0.440. The highest BCUT2D eigenvalue weighted by atomic mass is 16.9. The van der Waals surface area contributed by atoms with Crippen LogP contribution in [-0.2, 0) is 20.8 Å². The zero-order valence-corrected chi connectivity index (χ0v) is 19.5. The molecule has 0 aliphatic heterocycles. The molecule has 0 radical (unpaired) electrons. The van der Waals surface area contributed by atoms with Gasteiger partial charge in [0.15, 0.2) is 0 Å². The minimum Gasteiger partial charge on any atom is -0.507 e. The first-order valence-corrected chi connectivity index (χ1v) is 11.2. The summed E-state index contributed by atoms with van der Waals surface area (Å²) in [5.41, 5.74) is 3.78. The topological polar surface area (TPSA) is 136 Å². The van der Waals surface area contributed by atoms with Crippen LogP contribution in [0, 0.1) is 16.0 Å². The SMILES string of the molecule is C=C(C)[C@H]1CCC(C)=C[C@@H]1c1c(O)cc(OC(=O)/C=C/C(=O)O)cc1CCCCCO[N+](=O)[O-]. The van der Waals surface area contributed by atoms with Gasteiger partial charge in [0, 0.05) is 29.7 Å². The highest BCUT2D eigenvalue weighted by molar-refractivity contribution is 5.91. The Morgan fingerprint density at radius 3 is 2.65 bits per heavy atom. The number of hydrogen-bond donors (Lipinski definition) is 2. The highest BCUT2D eigenvalue weighted by Gasteiger charge is 2.30. The third-order valence-electron chi connectivity index (χ3n) is 5.80. The Balaban J connectivity index is 2.33. The third kappa shape index (κ3) is 8.06. The number of aliphatic carboxylic acids is 1. The first kappa shape index (κ1) is 26.6. The quantitative estimate of drug-likeness (QED) is 0.0834. The van der Waals surface area contributed by atoms with Crippen LogP contribution >= 0.6 is 0 Å². The summed E-state index contributed by atoms with van der Waals surface area (Å²) in [5, 5.41) is 29.1. The smallest absolute Gasteiger partial charge is 0.336 e. The summed E-state index contributed by atoms with van der Waals surface area (Å²) >= 11 is 0. The van der Waals surface area contributed by atoms with Gasteiger partial charge in [-0.2, -0.15) is 0 Å². The second-order valence-corrected chi connectivity index (χ2v) is 8.51. The maximum atomic E-state index is 12.0. The van der Waals surface area contributed by atoms with Gasteiger partial charge in [-0.3, -0.25) is 0 Å². The average Bonchev–Trinajstić information content (AvgIpc) is 2.74. The number of nitrogens with zero attached hydrogens (tertiary/aromatic N) is 1. The molecule has 1 aliphatic rings. The van der Waals surface area contributed by atoms with Crippen molar-refractivity contribution in [2.75, 3.05) is 6.61 Å². The molecule has 1 aromatic carbocycles. The average molecular weight is 474 g/mol. The van der Waals surface area contributed by atoms with Crippen molar-refractivity contribution in [2.24, 2.45) is 5.92 Å². The molecule has 2 N–H and O–H groups in total. The van der Waals surface area contributed by atoms with Gasteiger partial charge in [0.1, 0.15) is 11.5 Å². The lowest BCUT2D eigenvalue weighted by Gasteiger charge is -2.32. The molecule has 0 unspecified atom stereocenters. The second-order valence-electron chi connectivity index (χ2n) is 8.51. The number of esters is 1. The molecule has 9 heteroatoms. The van der Waals surface area contributed by atoms with Gasteiger partial charge in [0.2, 0.25) is 0 Å². The molecule has 9 nitrogen and oxygen atoms in total. The van der Waals surface area contributed by atoms with Gasteiger partial charge in [-0.15, -0.1) is 10.1 Å². The van der Waals surface area contributed by atoms with E-state index in [1.807, 2.05) is 6.92 Å². The molecule has 0 saturated carbocycles. The van der Waals surface area contributed by atoms with Crippen molar-refractivity contribution in [1.29, 1.82) is 0 Å². The number of allylic oxidation sites excluding steroid dienone is 3. The second kappa shape index (κ2) is 12.6. The van der Waals surface area contributed by atoms with Crippen LogP contribution in [0.4, 0.5) is 0 Å². The van der Waals surface area contributed by atoms with Crippen LogP contribution in [0.2, 0.25) is 0 Å². The number of carbonyl (C=O) groups excluding carboxylic acids is 1. The fourth-order valence-corrected chi connectivity index (χ4v) is 4.25. The number of aryl methyl sites for hydroxylation is 1. The molecule has 0 aromatic heterocycles. The Bertz CT molecular complexity index is 995. The van der Waals surface area contributed by atoms with Crippen LogP contribution in [0.5, 0.6) is 11.5 Å². The van der Waals surface area contributed by atoms with Gasteiger partial charge in [-0.1, -0.05) is 30.2 Å². The molecular formula is C25H31NO8. The van der Waals surface area contributed by atoms with Gasteiger partial charge in [-0.05, 0) is 63.5 Å². The van der Waals surface area contributed by atoms with E-state index in [0.717, 1.165) is 35.6 Å². The van der Waals surface area contributed by atoms with E-state index in [1.54, 1.807) is 6.07 Å². The minimum atomic E-state index is -1.28. The number of phenols is 1. The van der Waals surface area contributed by atoms with Crippen LogP contribution in [0.3, 0.4) is 0 Å². The van der Waals surface area contributed by atoms with Crippen molar-refractivity contribution in [1.82, 2.24) is 0 Å². The Morgan fingerprint density at radius 1 is 1.26 bits per heavy atom. The predicted molar refractivity (Wildman–Crippen MR) is 125 cm³/mol. The van der Waals surface area contributed by atoms with E-state index in [-0.39, 0.29) is 29.9 Å². The van der Waals surface area contributed by atoms with E-state index < -0.39 is 17.0 Å². The van der Waals surface area contributed by atoms with E-state index in [1.165, 1.54) is 11.6 Å². The highest BCUT2D eigenvalue weighted by Crippen LogP contribution is 2.45. The van der Waals surface area contributed by atoms with E-state index in [0.29, 0.717) is 31.8 Å². The Kier molecular flexibility index (Phi) is 9.85. The minimum absolute atomic E-state index is 0.0126. The number of carbonyl (C=O) groups is 2. The number of unbranched alkanes of at least 4 members (excludes halogenated alkanes) is 2. The van der Waals surface area contributed by atoms with Crippen molar-refractivity contribution in [2.45, 2.75) is 58.3 Å². The fourth-order valence-electron chi connectivity index (χ4n) is 4.25. The lowest BCUT2D eigenvalue weighted by molar-refractivity contribution is -0.757. The molecule has 184 valence electrons. The van der Waals surface area contributed by atoms with Crippen LogP contribution in [-0.4, -0.2) is 33.8 Å². The molecule has 34 heavy (non-hydrogen) atoms. The number of carboxylic acids is 1. The molecule has 1 aromatic rings. The number of benzene rings is 1. The molecule has 0 bridgehead atoms. The van der Waals surface area contributed by atoms with E-state index in [9.17, 15) is 24.8 Å². The van der Waals surface area contributed by atoms with Crippen molar-refractivity contribution < 1.29 is 34.5 Å². The molecule has 0 amide bonds. The molecular weight excluding hydrogens is 442 g/mol. The Morgan fingerprint density at radius 2 is 2.00 bits per heavy atom. The number of rotatable bonds is 12. The standard InChI is InChI=1S/C25H31NO8/c1-16(2)20-9-8-17(3)13-21(20)25-18(7-5-4-6-12-33-26(31)32)14-19(15-22(25)27)34-24(30)11-10-23(28)29/h10-11,13-15,20-21,27H,1,4-9,12H2,2-3H3,(H,28,29)/b11-10+/t20-,21+/m1/s1. The molecule has 0 spiro atoms. The van der Waals surface area contributed by atoms with Gasteiger partial charge in [-0.25, -0.2) is 9.59 Å². The van der Waals surface area contributed by atoms with E-state index >= 15 is 0 Å².